The first kappa shape index (κ1) is 15.7. The second-order valence-corrected chi connectivity index (χ2v) is 5.42. The molecule has 0 spiro atoms. The lowest BCUT2D eigenvalue weighted by molar-refractivity contribution is 0.912. The van der Waals surface area contributed by atoms with Crippen LogP contribution in [0.2, 0.25) is 0 Å². The van der Waals surface area contributed by atoms with Crippen molar-refractivity contribution in [3.05, 3.63) is 84.1 Å². The molecule has 0 fully saturated rings. The fraction of sp³-hybridized carbons (Fsp3) is 0.100. The van der Waals surface area contributed by atoms with Gasteiger partial charge in [0.1, 0.15) is 0 Å². The van der Waals surface area contributed by atoms with Gasteiger partial charge in [0.2, 0.25) is 0 Å². The van der Waals surface area contributed by atoms with Crippen molar-refractivity contribution in [1.29, 1.82) is 0 Å². The lowest BCUT2D eigenvalue weighted by atomic mass is 10.0. The Kier molecular flexibility index (Phi) is 4.29. The van der Waals surface area contributed by atoms with E-state index in [1.807, 2.05) is 25.1 Å². The Balaban J connectivity index is 2.45. The predicted octanol–water partition coefficient (Wildman–Crippen LogP) is 4.17. The smallest absolute Gasteiger partial charge is 0.263 e. The third-order valence-corrected chi connectivity index (χ3v) is 4.05. The summed E-state index contributed by atoms with van der Waals surface area (Å²) in [6.45, 7) is 9.60. The molecule has 1 aromatic carbocycles. The Morgan fingerprint density at radius 2 is 2.21 bits per heavy atom. The van der Waals surface area contributed by atoms with Gasteiger partial charge in [0.15, 0.2) is 0 Å². The normalized spacial score (nSPS) is 11.6. The predicted molar refractivity (Wildman–Crippen MR) is 99.8 cm³/mol. The Morgan fingerprint density at radius 3 is 2.83 bits per heavy atom. The molecule has 0 aliphatic carbocycles. The molecular formula is C20H19N3O. The average Bonchev–Trinajstić information content (AvgIpc) is 3.14. The summed E-state index contributed by atoms with van der Waals surface area (Å²) < 4.78 is 1.71. The van der Waals surface area contributed by atoms with Gasteiger partial charge in [-0.05, 0) is 35.6 Å². The zero-order valence-electron chi connectivity index (χ0n) is 13.6. The number of nitrogens with one attached hydrogen (secondary N) is 1. The summed E-state index contributed by atoms with van der Waals surface area (Å²) in [6.07, 6.45) is 9.38. The van der Waals surface area contributed by atoms with E-state index in [1.54, 1.807) is 35.2 Å². The first-order valence-electron chi connectivity index (χ1n) is 7.83. The molecule has 4 nitrogen and oxygen atoms in total. The first-order chi connectivity index (χ1) is 11.7. The molecule has 0 bridgehead atoms. The highest BCUT2D eigenvalue weighted by Crippen LogP contribution is 2.27. The highest BCUT2D eigenvalue weighted by atomic mass is 16.1. The van der Waals surface area contributed by atoms with Gasteiger partial charge in [-0.25, -0.2) is 0 Å². The van der Waals surface area contributed by atoms with E-state index >= 15 is 0 Å². The third-order valence-electron chi connectivity index (χ3n) is 4.05. The van der Waals surface area contributed by atoms with Crippen molar-refractivity contribution in [3.63, 3.8) is 0 Å². The van der Waals surface area contributed by atoms with E-state index in [4.69, 9.17) is 0 Å². The number of pyridine rings is 1. The number of hydrogen-bond acceptors (Lipinski definition) is 2. The molecule has 3 rings (SSSR count). The van der Waals surface area contributed by atoms with Gasteiger partial charge in [0.25, 0.3) is 5.56 Å². The quantitative estimate of drug-likeness (QED) is 0.718. The number of nitrogens with zero attached hydrogens (tertiary/aromatic N) is 2. The van der Waals surface area contributed by atoms with Crippen molar-refractivity contribution in [1.82, 2.24) is 14.8 Å². The number of aromatic nitrogens is 3. The van der Waals surface area contributed by atoms with Crippen LogP contribution in [0, 0.1) is 0 Å². The summed E-state index contributed by atoms with van der Waals surface area (Å²) in [5, 5.41) is 8.40. The second-order valence-electron chi connectivity index (χ2n) is 5.42. The maximum Gasteiger partial charge on any atom is 0.263 e. The standard InChI is InChI=1S/C20H19N3O/c1-4-8-16(5-2)23-17(6-3)11-14-9-7-10-18(19(14)20(23)24)15-12-21-22-13-15/h4-5,7-13H,1-2,6H2,3H3,(H,21,22)/b16-8+. The van der Waals surface area contributed by atoms with Crippen molar-refractivity contribution in [3.8, 4) is 11.1 Å². The molecule has 2 heterocycles. The molecule has 24 heavy (non-hydrogen) atoms. The number of hydrogen-bond donors (Lipinski definition) is 1. The Morgan fingerprint density at radius 1 is 1.38 bits per heavy atom. The second kappa shape index (κ2) is 6.54. The Bertz CT molecular complexity index is 992. The number of H-pyrrole nitrogens is 1. The van der Waals surface area contributed by atoms with Crippen molar-refractivity contribution in [2.24, 2.45) is 0 Å². The van der Waals surface area contributed by atoms with Gasteiger partial charge in [-0.1, -0.05) is 44.4 Å². The van der Waals surface area contributed by atoms with Gasteiger partial charge in [-0.3, -0.25) is 14.5 Å². The summed E-state index contributed by atoms with van der Waals surface area (Å²) in [7, 11) is 0. The van der Waals surface area contributed by atoms with E-state index in [0.717, 1.165) is 34.3 Å². The van der Waals surface area contributed by atoms with Crippen molar-refractivity contribution in [2.45, 2.75) is 13.3 Å². The summed E-state index contributed by atoms with van der Waals surface area (Å²) in [6, 6.07) is 7.92. The topological polar surface area (TPSA) is 50.7 Å². The van der Waals surface area contributed by atoms with Crippen LogP contribution in [-0.2, 0) is 6.42 Å². The Labute approximate surface area is 140 Å². The minimum atomic E-state index is -0.0610. The summed E-state index contributed by atoms with van der Waals surface area (Å²) >= 11 is 0. The van der Waals surface area contributed by atoms with Crippen molar-refractivity contribution < 1.29 is 0 Å². The van der Waals surface area contributed by atoms with E-state index < -0.39 is 0 Å². The molecule has 2 aromatic heterocycles. The Hall–Kier alpha value is -3.14. The number of rotatable bonds is 5. The van der Waals surface area contributed by atoms with Crippen molar-refractivity contribution >= 4 is 16.5 Å². The van der Waals surface area contributed by atoms with E-state index in [0.29, 0.717) is 5.39 Å². The van der Waals surface area contributed by atoms with Crippen LogP contribution in [0.4, 0.5) is 0 Å². The van der Waals surface area contributed by atoms with Crippen LogP contribution in [0.3, 0.4) is 0 Å². The van der Waals surface area contributed by atoms with E-state index in [9.17, 15) is 4.79 Å². The number of allylic oxidation sites excluding steroid dienone is 4. The van der Waals surface area contributed by atoms with E-state index in [-0.39, 0.29) is 5.56 Å². The number of fused-ring (bicyclic) bond motifs is 1. The highest BCUT2D eigenvalue weighted by molar-refractivity contribution is 5.96. The van der Waals surface area contributed by atoms with Crippen LogP contribution in [0.5, 0.6) is 0 Å². The van der Waals surface area contributed by atoms with Gasteiger partial charge >= 0.3 is 0 Å². The summed E-state index contributed by atoms with van der Waals surface area (Å²) in [5.41, 5.74) is 3.35. The van der Waals surface area contributed by atoms with Crippen LogP contribution < -0.4 is 5.56 Å². The molecule has 4 heteroatoms. The number of aromatic amines is 1. The lowest BCUT2D eigenvalue weighted by Crippen LogP contribution is -2.22. The maximum absolute atomic E-state index is 13.3. The van der Waals surface area contributed by atoms with Gasteiger partial charge < -0.3 is 0 Å². The van der Waals surface area contributed by atoms with Crippen LogP contribution in [-0.4, -0.2) is 14.8 Å². The van der Waals surface area contributed by atoms with Gasteiger partial charge in [-0.15, -0.1) is 0 Å². The van der Waals surface area contributed by atoms with E-state index in [2.05, 4.69) is 29.4 Å². The summed E-state index contributed by atoms with van der Waals surface area (Å²) in [4.78, 5) is 13.3. The zero-order valence-corrected chi connectivity index (χ0v) is 13.6. The molecule has 0 amide bonds. The van der Waals surface area contributed by atoms with Gasteiger partial charge in [0, 0.05) is 23.2 Å². The average molecular weight is 317 g/mol. The largest absolute Gasteiger partial charge is 0.285 e. The number of aryl methyl sites for hydroxylation is 1. The van der Waals surface area contributed by atoms with Gasteiger partial charge in [-0.2, -0.15) is 5.10 Å². The first-order valence-corrected chi connectivity index (χ1v) is 7.83. The SMILES string of the molecule is C=C/C=C(\C=C)n1c(CC)cc2cccc(-c3cn[nH]c3)c2c1=O. The lowest BCUT2D eigenvalue weighted by Gasteiger charge is -2.15. The monoisotopic (exact) mass is 317 g/mol. The van der Waals surface area contributed by atoms with Crippen LogP contribution in [0.25, 0.3) is 27.6 Å². The minimum Gasteiger partial charge on any atom is -0.285 e. The van der Waals surface area contributed by atoms with Gasteiger partial charge in [0.05, 0.1) is 11.6 Å². The third kappa shape index (κ3) is 2.52. The molecule has 3 aromatic rings. The number of benzene rings is 1. The fourth-order valence-electron chi connectivity index (χ4n) is 2.95. The maximum atomic E-state index is 13.3. The molecule has 0 aliphatic rings. The molecule has 0 aliphatic heterocycles. The molecule has 0 radical (unpaired) electrons. The van der Waals surface area contributed by atoms with Crippen molar-refractivity contribution in [2.75, 3.05) is 0 Å². The zero-order chi connectivity index (χ0) is 17.1. The van der Waals surface area contributed by atoms with Crippen LogP contribution in [0.15, 0.2) is 72.8 Å². The molecule has 0 atom stereocenters. The molecule has 1 N–H and O–H groups in total. The molecule has 0 saturated heterocycles. The minimum absolute atomic E-state index is 0.0610. The van der Waals surface area contributed by atoms with Crippen LogP contribution in [0.1, 0.15) is 12.6 Å². The summed E-state index contributed by atoms with van der Waals surface area (Å²) in [5.74, 6) is 0. The highest BCUT2D eigenvalue weighted by Gasteiger charge is 2.14. The fourth-order valence-corrected chi connectivity index (χ4v) is 2.95. The van der Waals surface area contributed by atoms with E-state index in [1.165, 1.54) is 0 Å². The molecule has 0 unspecified atom stereocenters. The molecule has 120 valence electrons. The molecular weight excluding hydrogens is 298 g/mol. The van der Waals surface area contributed by atoms with Crippen LogP contribution >= 0.6 is 0 Å². The molecule has 0 saturated carbocycles.